The number of benzene rings is 3. The summed E-state index contributed by atoms with van der Waals surface area (Å²) in [6, 6.07) is 24.3. The second-order valence-electron chi connectivity index (χ2n) is 5.55. The predicted molar refractivity (Wildman–Crippen MR) is 100 cm³/mol. The first-order valence-electron chi connectivity index (χ1n) is 8.45. The molecular formula is C22H18O5. The molecule has 0 aliphatic rings. The Labute approximate surface area is 157 Å². The fourth-order valence-corrected chi connectivity index (χ4v) is 2.35. The molecule has 0 aromatic heterocycles. The largest absolute Gasteiger partial charge is 0.490 e. The molecule has 0 saturated heterocycles. The zero-order valence-corrected chi connectivity index (χ0v) is 14.5. The second-order valence-corrected chi connectivity index (χ2v) is 5.55. The average Bonchev–Trinajstić information content (AvgIpc) is 2.73. The molecular weight excluding hydrogens is 344 g/mol. The molecule has 0 fully saturated rings. The number of esters is 2. The maximum absolute atomic E-state index is 12.3. The van der Waals surface area contributed by atoms with Crippen LogP contribution in [0.1, 0.15) is 20.7 Å². The van der Waals surface area contributed by atoms with Crippen LogP contribution in [0.4, 0.5) is 0 Å². The van der Waals surface area contributed by atoms with Gasteiger partial charge in [-0.25, -0.2) is 9.59 Å². The van der Waals surface area contributed by atoms with Gasteiger partial charge in [-0.1, -0.05) is 48.5 Å². The number of hydrogen-bond donors (Lipinski definition) is 0. The fraction of sp³-hybridized carbons (Fsp3) is 0.0909. The average molecular weight is 362 g/mol. The van der Waals surface area contributed by atoms with E-state index in [1.807, 2.05) is 30.3 Å². The monoisotopic (exact) mass is 362 g/mol. The zero-order chi connectivity index (χ0) is 18.9. The minimum Gasteiger partial charge on any atom is -0.490 e. The van der Waals surface area contributed by atoms with Crippen molar-refractivity contribution in [3.05, 3.63) is 96.1 Å². The summed E-state index contributed by atoms with van der Waals surface area (Å²) >= 11 is 0. The summed E-state index contributed by atoms with van der Waals surface area (Å²) in [6.07, 6.45) is 0. The highest BCUT2D eigenvalue weighted by molar-refractivity contribution is 5.96. The number of carbonyl (C=O) groups excluding carboxylic acids is 2. The third-order valence-electron chi connectivity index (χ3n) is 3.65. The van der Waals surface area contributed by atoms with E-state index in [4.69, 9.17) is 14.2 Å². The van der Waals surface area contributed by atoms with Crippen molar-refractivity contribution in [1.29, 1.82) is 0 Å². The van der Waals surface area contributed by atoms with Gasteiger partial charge < -0.3 is 14.2 Å². The van der Waals surface area contributed by atoms with Gasteiger partial charge in [-0.05, 0) is 36.4 Å². The summed E-state index contributed by atoms with van der Waals surface area (Å²) in [7, 11) is 0. The Morgan fingerprint density at radius 2 is 1.30 bits per heavy atom. The maximum Gasteiger partial charge on any atom is 0.343 e. The van der Waals surface area contributed by atoms with Crippen molar-refractivity contribution in [2.45, 2.75) is 0 Å². The zero-order valence-electron chi connectivity index (χ0n) is 14.5. The molecule has 0 radical (unpaired) electrons. The van der Waals surface area contributed by atoms with Crippen LogP contribution in [0, 0.1) is 0 Å². The molecule has 0 aliphatic carbocycles. The highest BCUT2D eigenvalue weighted by atomic mass is 16.6. The molecule has 0 unspecified atom stereocenters. The van der Waals surface area contributed by atoms with Gasteiger partial charge in [0, 0.05) is 0 Å². The van der Waals surface area contributed by atoms with Gasteiger partial charge in [-0.2, -0.15) is 0 Å². The smallest absolute Gasteiger partial charge is 0.343 e. The maximum atomic E-state index is 12.3. The molecule has 27 heavy (non-hydrogen) atoms. The van der Waals surface area contributed by atoms with Crippen LogP contribution in [-0.2, 0) is 4.74 Å². The summed E-state index contributed by atoms with van der Waals surface area (Å²) in [5, 5.41) is 0. The lowest BCUT2D eigenvalue weighted by Crippen LogP contribution is -2.15. The van der Waals surface area contributed by atoms with E-state index < -0.39 is 11.9 Å². The predicted octanol–water partition coefficient (Wildman–Crippen LogP) is 4.14. The van der Waals surface area contributed by atoms with Gasteiger partial charge >= 0.3 is 11.9 Å². The summed E-state index contributed by atoms with van der Waals surface area (Å²) in [5.41, 5.74) is 0.582. The fourth-order valence-electron chi connectivity index (χ4n) is 2.35. The third kappa shape index (κ3) is 5.19. The van der Waals surface area contributed by atoms with Gasteiger partial charge in [-0.3, -0.25) is 0 Å². The first-order chi connectivity index (χ1) is 13.2. The Hall–Kier alpha value is -3.60. The topological polar surface area (TPSA) is 61.8 Å². The van der Waals surface area contributed by atoms with E-state index in [2.05, 4.69) is 0 Å². The minimum absolute atomic E-state index is 0.0781. The Morgan fingerprint density at radius 1 is 0.667 bits per heavy atom. The van der Waals surface area contributed by atoms with Crippen molar-refractivity contribution in [3.8, 4) is 11.5 Å². The number of hydrogen-bond acceptors (Lipinski definition) is 5. The Bertz CT molecular complexity index is 891. The van der Waals surface area contributed by atoms with Gasteiger partial charge in [0.25, 0.3) is 0 Å². The SMILES string of the molecule is O=C(Oc1ccccc1C(=O)OCCOc1ccccc1)c1ccccc1. The first-order valence-corrected chi connectivity index (χ1v) is 8.45. The van der Waals surface area contributed by atoms with Crippen molar-refractivity contribution < 1.29 is 23.8 Å². The van der Waals surface area contributed by atoms with Crippen molar-refractivity contribution in [1.82, 2.24) is 0 Å². The third-order valence-corrected chi connectivity index (χ3v) is 3.65. The second kappa shape index (κ2) is 9.20. The molecule has 0 heterocycles. The Morgan fingerprint density at radius 3 is 2.04 bits per heavy atom. The van der Waals surface area contributed by atoms with Crippen LogP contribution in [0.5, 0.6) is 11.5 Å². The number of ether oxygens (including phenoxy) is 3. The molecule has 3 aromatic carbocycles. The Kier molecular flexibility index (Phi) is 6.20. The number of rotatable bonds is 7. The lowest BCUT2D eigenvalue weighted by molar-refractivity contribution is 0.0445. The van der Waals surface area contributed by atoms with Gasteiger partial charge in [0.1, 0.15) is 30.3 Å². The molecule has 0 aliphatic heterocycles. The van der Waals surface area contributed by atoms with Crippen molar-refractivity contribution in [2.75, 3.05) is 13.2 Å². The molecule has 0 amide bonds. The molecule has 0 bridgehead atoms. The van der Waals surface area contributed by atoms with Crippen LogP contribution in [0.3, 0.4) is 0 Å². The summed E-state index contributed by atoms with van der Waals surface area (Å²) in [5.74, 6) is -0.266. The summed E-state index contributed by atoms with van der Waals surface area (Å²) in [6.45, 7) is 0.302. The van der Waals surface area contributed by atoms with Gasteiger partial charge in [-0.15, -0.1) is 0 Å². The minimum atomic E-state index is -0.580. The lowest BCUT2D eigenvalue weighted by Gasteiger charge is -2.10. The van der Waals surface area contributed by atoms with Gasteiger partial charge in [0.2, 0.25) is 0 Å². The van der Waals surface area contributed by atoms with E-state index in [1.54, 1.807) is 54.6 Å². The van der Waals surface area contributed by atoms with E-state index in [0.717, 1.165) is 0 Å². The van der Waals surface area contributed by atoms with E-state index >= 15 is 0 Å². The molecule has 0 saturated carbocycles. The van der Waals surface area contributed by atoms with Crippen LogP contribution in [0.25, 0.3) is 0 Å². The quantitative estimate of drug-likeness (QED) is 0.359. The number of carbonyl (C=O) groups is 2. The van der Waals surface area contributed by atoms with Crippen LogP contribution < -0.4 is 9.47 Å². The normalized spacial score (nSPS) is 10.1. The van der Waals surface area contributed by atoms with E-state index in [-0.39, 0.29) is 24.5 Å². The van der Waals surface area contributed by atoms with Crippen molar-refractivity contribution in [3.63, 3.8) is 0 Å². The van der Waals surface area contributed by atoms with Gasteiger partial charge in [0.15, 0.2) is 0 Å². The Balaban J connectivity index is 1.58. The summed E-state index contributed by atoms with van der Waals surface area (Å²) in [4.78, 5) is 24.5. The van der Waals surface area contributed by atoms with Gasteiger partial charge in [0.05, 0.1) is 5.56 Å². The van der Waals surface area contributed by atoms with Crippen molar-refractivity contribution >= 4 is 11.9 Å². The van der Waals surface area contributed by atoms with E-state index in [1.165, 1.54) is 0 Å². The van der Waals surface area contributed by atoms with Crippen LogP contribution in [0.15, 0.2) is 84.9 Å². The van der Waals surface area contributed by atoms with E-state index in [0.29, 0.717) is 11.3 Å². The highest BCUT2D eigenvalue weighted by Crippen LogP contribution is 2.20. The number of para-hydroxylation sites is 2. The molecule has 5 heteroatoms. The molecule has 5 nitrogen and oxygen atoms in total. The molecule has 0 N–H and O–H groups in total. The highest BCUT2D eigenvalue weighted by Gasteiger charge is 2.17. The first kappa shape index (κ1) is 18.2. The molecule has 3 rings (SSSR count). The molecule has 0 atom stereocenters. The van der Waals surface area contributed by atoms with Crippen LogP contribution in [0.2, 0.25) is 0 Å². The van der Waals surface area contributed by atoms with Crippen molar-refractivity contribution in [2.24, 2.45) is 0 Å². The summed E-state index contributed by atoms with van der Waals surface area (Å²) < 4.78 is 16.1. The standard InChI is InChI=1S/C22H18O5/c23-21(17-9-3-1-4-10-17)27-20-14-8-7-13-19(20)22(24)26-16-15-25-18-11-5-2-6-12-18/h1-14H,15-16H2. The molecule has 136 valence electrons. The van der Waals surface area contributed by atoms with Crippen LogP contribution >= 0.6 is 0 Å². The van der Waals surface area contributed by atoms with E-state index in [9.17, 15) is 9.59 Å². The lowest BCUT2D eigenvalue weighted by atomic mass is 10.2. The molecule has 3 aromatic rings. The van der Waals surface area contributed by atoms with Crippen LogP contribution in [-0.4, -0.2) is 25.2 Å². The molecule has 0 spiro atoms.